The molecule has 1 saturated heterocycles. The van der Waals surface area contributed by atoms with E-state index >= 15 is 0 Å². The molecule has 1 spiro atoms. The molecule has 4 heteroatoms. The van der Waals surface area contributed by atoms with Gasteiger partial charge < -0.3 is 9.84 Å². The van der Waals surface area contributed by atoms with Crippen LogP contribution in [0.2, 0.25) is 0 Å². The van der Waals surface area contributed by atoms with Gasteiger partial charge >= 0.3 is 11.9 Å². The van der Waals surface area contributed by atoms with E-state index < -0.39 is 17.5 Å². The Morgan fingerprint density at radius 2 is 2.18 bits per heavy atom. The van der Waals surface area contributed by atoms with Crippen LogP contribution in [-0.2, 0) is 14.3 Å². The maximum absolute atomic E-state index is 12.2. The highest BCUT2D eigenvalue weighted by molar-refractivity contribution is 5.81. The summed E-state index contributed by atoms with van der Waals surface area (Å²) in [6.07, 6.45) is 4.49. The van der Waals surface area contributed by atoms with Gasteiger partial charge in [0.15, 0.2) is 0 Å². The highest BCUT2D eigenvalue weighted by atomic mass is 16.6. The molecule has 4 fully saturated rings. The van der Waals surface area contributed by atoms with Gasteiger partial charge in [-0.3, -0.25) is 9.59 Å². The van der Waals surface area contributed by atoms with E-state index in [0.29, 0.717) is 5.92 Å². The first-order chi connectivity index (χ1) is 10.4. The van der Waals surface area contributed by atoms with Crippen LogP contribution in [-0.4, -0.2) is 22.6 Å². The SMILES string of the molecule is C=C1CC23CC1CCC2C1(CC)OC(=O)C(C)C1C3C(=O)O. The zero-order valence-electron chi connectivity index (χ0n) is 13.3. The van der Waals surface area contributed by atoms with Gasteiger partial charge in [0, 0.05) is 11.8 Å². The Kier molecular flexibility index (Phi) is 2.69. The van der Waals surface area contributed by atoms with Gasteiger partial charge in [-0.05, 0) is 43.4 Å². The quantitative estimate of drug-likeness (QED) is 0.629. The molecule has 120 valence electrons. The van der Waals surface area contributed by atoms with Crippen LogP contribution in [0.5, 0.6) is 0 Å². The summed E-state index contributed by atoms with van der Waals surface area (Å²) in [5.74, 6) is -1.26. The monoisotopic (exact) mass is 304 g/mol. The maximum Gasteiger partial charge on any atom is 0.309 e. The zero-order chi connectivity index (χ0) is 15.9. The molecule has 0 radical (unpaired) electrons. The van der Waals surface area contributed by atoms with Crippen LogP contribution in [0.15, 0.2) is 12.2 Å². The van der Waals surface area contributed by atoms with E-state index in [1.807, 2.05) is 13.8 Å². The number of hydrogen-bond donors (Lipinski definition) is 1. The standard InChI is InChI=1S/C18H24O4/c1-4-18-12-6-5-11-8-17(12,7-9(11)2)14(15(19)20)13(18)10(3)16(21)22-18/h10-14H,2,4-8H2,1,3H3,(H,19,20). The molecule has 4 rings (SSSR count). The Balaban J connectivity index is 1.91. The van der Waals surface area contributed by atoms with Crippen molar-refractivity contribution >= 4 is 11.9 Å². The molecule has 0 aromatic rings. The first kappa shape index (κ1) is 14.3. The van der Waals surface area contributed by atoms with Crippen LogP contribution in [0.3, 0.4) is 0 Å². The van der Waals surface area contributed by atoms with Crippen molar-refractivity contribution in [2.45, 2.75) is 51.6 Å². The van der Waals surface area contributed by atoms with Crippen molar-refractivity contribution in [2.75, 3.05) is 0 Å². The minimum Gasteiger partial charge on any atom is -0.481 e. The number of allylic oxidation sites excluding steroid dienone is 1. The summed E-state index contributed by atoms with van der Waals surface area (Å²) in [5, 5.41) is 10.0. The number of aliphatic carboxylic acids is 1. The van der Waals surface area contributed by atoms with Crippen LogP contribution in [0.25, 0.3) is 0 Å². The van der Waals surface area contributed by atoms with Crippen molar-refractivity contribution in [3.8, 4) is 0 Å². The van der Waals surface area contributed by atoms with E-state index in [9.17, 15) is 14.7 Å². The Labute approximate surface area is 130 Å². The molecule has 3 aliphatic carbocycles. The number of carboxylic acid groups (broad SMARTS) is 1. The molecule has 2 bridgehead atoms. The fourth-order valence-corrected chi connectivity index (χ4v) is 6.76. The minimum absolute atomic E-state index is 0.181. The van der Waals surface area contributed by atoms with Gasteiger partial charge in [0.1, 0.15) is 5.60 Å². The van der Waals surface area contributed by atoms with Crippen molar-refractivity contribution < 1.29 is 19.4 Å². The fourth-order valence-electron chi connectivity index (χ4n) is 6.76. The molecule has 0 amide bonds. The second kappa shape index (κ2) is 4.15. The number of hydrogen-bond acceptors (Lipinski definition) is 3. The van der Waals surface area contributed by atoms with Crippen molar-refractivity contribution in [2.24, 2.45) is 35.0 Å². The lowest BCUT2D eigenvalue weighted by molar-refractivity contribution is -0.159. The molecule has 4 nitrogen and oxygen atoms in total. The van der Waals surface area contributed by atoms with Crippen molar-refractivity contribution in [3.63, 3.8) is 0 Å². The van der Waals surface area contributed by atoms with Crippen molar-refractivity contribution in [1.82, 2.24) is 0 Å². The largest absolute Gasteiger partial charge is 0.481 e. The van der Waals surface area contributed by atoms with E-state index in [2.05, 4.69) is 6.58 Å². The molecule has 3 saturated carbocycles. The second-order valence-electron chi connectivity index (χ2n) is 7.96. The summed E-state index contributed by atoms with van der Waals surface area (Å²) in [6.45, 7) is 8.13. The molecule has 22 heavy (non-hydrogen) atoms. The number of carbonyl (C=O) groups excluding carboxylic acids is 1. The predicted molar refractivity (Wildman–Crippen MR) is 79.9 cm³/mol. The van der Waals surface area contributed by atoms with Gasteiger partial charge in [0.05, 0.1) is 11.8 Å². The number of carboxylic acids is 1. The normalized spacial score (nSPS) is 52.4. The summed E-state index contributed by atoms with van der Waals surface area (Å²) in [5.41, 5.74) is 0.426. The third kappa shape index (κ3) is 1.35. The zero-order valence-corrected chi connectivity index (χ0v) is 13.3. The van der Waals surface area contributed by atoms with E-state index in [1.54, 1.807) is 0 Å². The Morgan fingerprint density at radius 3 is 2.82 bits per heavy atom. The lowest BCUT2D eigenvalue weighted by atomic mass is 9.63. The Bertz CT molecular complexity index is 582. The summed E-state index contributed by atoms with van der Waals surface area (Å²) in [6, 6.07) is 0. The topological polar surface area (TPSA) is 63.6 Å². The van der Waals surface area contributed by atoms with Crippen LogP contribution in [0, 0.1) is 35.0 Å². The number of rotatable bonds is 2. The summed E-state index contributed by atoms with van der Waals surface area (Å²) >= 11 is 0. The first-order valence-electron chi connectivity index (χ1n) is 8.50. The molecule has 1 aliphatic heterocycles. The van der Waals surface area contributed by atoms with E-state index in [-0.39, 0.29) is 29.1 Å². The van der Waals surface area contributed by atoms with Gasteiger partial charge in [0.2, 0.25) is 0 Å². The molecule has 7 unspecified atom stereocenters. The molecule has 0 aromatic heterocycles. The lowest BCUT2D eigenvalue weighted by Crippen LogP contribution is -2.44. The van der Waals surface area contributed by atoms with Crippen LogP contribution < -0.4 is 0 Å². The fraction of sp³-hybridized carbons (Fsp3) is 0.778. The first-order valence-corrected chi connectivity index (χ1v) is 8.50. The second-order valence-corrected chi connectivity index (χ2v) is 7.96. The number of fused-ring (bicyclic) bond motifs is 3. The minimum atomic E-state index is -0.745. The Hall–Kier alpha value is -1.32. The van der Waals surface area contributed by atoms with Crippen molar-refractivity contribution in [1.29, 1.82) is 0 Å². The molecule has 7 atom stereocenters. The number of esters is 1. The molecule has 1 heterocycles. The predicted octanol–water partition coefficient (Wildman–Crippen LogP) is 3.02. The third-order valence-electron chi connectivity index (χ3n) is 7.41. The number of carbonyl (C=O) groups is 2. The van der Waals surface area contributed by atoms with Gasteiger partial charge in [-0.2, -0.15) is 0 Å². The smallest absolute Gasteiger partial charge is 0.309 e. The third-order valence-corrected chi connectivity index (χ3v) is 7.41. The summed E-state index contributed by atoms with van der Waals surface area (Å²) in [4.78, 5) is 24.4. The van der Waals surface area contributed by atoms with Gasteiger partial charge in [-0.15, -0.1) is 0 Å². The maximum atomic E-state index is 12.2. The van der Waals surface area contributed by atoms with E-state index in [4.69, 9.17) is 4.74 Å². The van der Waals surface area contributed by atoms with E-state index in [1.165, 1.54) is 5.57 Å². The average Bonchev–Trinajstić information content (AvgIpc) is 2.97. The molecular formula is C18H24O4. The van der Waals surface area contributed by atoms with Crippen LogP contribution in [0.4, 0.5) is 0 Å². The lowest BCUT2D eigenvalue weighted by Gasteiger charge is -2.43. The van der Waals surface area contributed by atoms with Gasteiger partial charge in [-0.25, -0.2) is 0 Å². The van der Waals surface area contributed by atoms with Crippen LogP contribution in [0.1, 0.15) is 46.0 Å². The average molecular weight is 304 g/mol. The number of ether oxygens (including phenoxy) is 1. The van der Waals surface area contributed by atoms with Gasteiger partial charge in [0.25, 0.3) is 0 Å². The summed E-state index contributed by atoms with van der Waals surface area (Å²) < 4.78 is 5.93. The summed E-state index contributed by atoms with van der Waals surface area (Å²) in [7, 11) is 0. The molecular weight excluding hydrogens is 280 g/mol. The van der Waals surface area contributed by atoms with E-state index in [0.717, 1.165) is 32.1 Å². The molecule has 1 N–H and O–H groups in total. The molecule has 0 aromatic carbocycles. The highest BCUT2D eigenvalue weighted by Crippen LogP contribution is 2.74. The Morgan fingerprint density at radius 1 is 1.45 bits per heavy atom. The van der Waals surface area contributed by atoms with Crippen LogP contribution >= 0.6 is 0 Å². The molecule has 4 aliphatic rings. The van der Waals surface area contributed by atoms with Crippen molar-refractivity contribution in [3.05, 3.63) is 12.2 Å². The highest BCUT2D eigenvalue weighted by Gasteiger charge is 2.76. The van der Waals surface area contributed by atoms with Gasteiger partial charge in [-0.1, -0.05) is 26.0 Å².